The molecule has 0 atom stereocenters. The molecule has 1 amide bonds. The smallest absolute Gasteiger partial charge is 0.295 e. The third-order valence-electron chi connectivity index (χ3n) is 2.43. The van der Waals surface area contributed by atoms with Crippen LogP contribution in [0, 0.1) is 0 Å². The van der Waals surface area contributed by atoms with E-state index in [-0.39, 0.29) is 17.6 Å². The lowest BCUT2D eigenvalue weighted by Gasteiger charge is -2.05. The predicted octanol–water partition coefficient (Wildman–Crippen LogP) is 3.71. The standard InChI is InChI=1S/C12H12Br2N4O/c1-6(2)10-16-11(18-17-10)12(19)15-9-4-3-7(13)5-8(9)14/h3-6H,1-2H3,(H,15,19)(H,16,17,18). The van der Waals surface area contributed by atoms with Gasteiger partial charge in [0.1, 0.15) is 5.82 Å². The third-order valence-corrected chi connectivity index (χ3v) is 3.58. The van der Waals surface area contributed by atoms with E-state index in [2.05, 4.69) is 52.4 Å². The Labute approximate surface area is 127 Å². The van der Waals surface area contributed by atoms with E-state index in [4.69, 9.17) is 0 Å². The third kappa shape index (κ3) is 3.42. The Morgan fingerprint density at radius 2 is 2.11 bits per heavy atom. The van der Waals surface area contributed by atoms with Crippen LogP contribution in [0.3, 0.4) is 0 Å². The molecule has 19 heavy (non-hydrogen) atoms. The Morgan fingerprint density at radius 1 is 1.37 bits per heavy atom. The first-order chi connectivity index (χ1) is 8.97. The molecule has 0 saturated heterocycles. The summed E-state index contributed by atoms with van der Waals surface area (Å²) in [7, 11) is 0. The summed E-state index contributed by atoms with van der Waals surface area (Å²) in [5.74, 6) is 0.693. The van der Waals surface area contributed by atoms with E-state index in [1.54, 1.807) is 6.07 Å². The highest BCUT2D eigenvalue weighted by Crippen LogP contribution is 2.26. The number of carbonyl (C=O) groups is 1. The van der Waals surface area contributed by atoms with Crippen molar-refractivity contribution < 1.29 is 4.79 Å². The first-order valence-electron chi connectivity index (χ1n) is 5.66. The van der Waals surface area contributed by atoms with Crippen molar-refractivity contribution in [1.29, 1.82) is 0 Å². The van der Waals surface area contributed by atoms with Crippen LogP contribution in [0.2, 0.25) is 0 Å². The number of amides is 1. The molecule has 0 aliphatic heterocycles. The molecule has 0 bridgehead atoms. The molecule has 0 aliphatic carbocycles. The lowest BCUT2D eigenvalue weighted by Crippen LogP contribution is -2.14. The van der Waals surface area contributed by atoms with E-state index in [9.17, 15) is 4.79 Å². The zero-order chi connectivity index (χ0) is 14.0. The van der Waals surface area contributed by atoms with E-state index < -0.39 is 0 Å². The molecule has 7 heteroatoms. The molecule has 1 heterocycles. The highest BCUT2D eigenvalue weighted by molar-refractivity contribution is 9.11. The molecule has 1 aromatic heterocycles. The number of nitrogens with zero attached hydrogens (tertiary/aromatic N) is 2. The Balaban J connectivity index is 2.16. The summed E-state index contributed by atoms with van der Waals surface area (Å²) in [5, 5.41) is 9.42. The first-order valence-corrected chi connectivity index (χ1v) is 7.24. The van der Waals surface area contributed by atoms with E-state index >= 15 is 0 Å². The second kappa shape index (κ2) is 5.83. The van der Waals surface area contributed by atoms with Gasteiger partial charge in [0.2, 0.25) is 5.82 Å². The van der Waals surface area contributed by atoms with Gasteiger partial charge in [0, 0.05) is 14.9 Å². The van der Waals surface area contributed by atoms with Crippen LogP contribution in [-0.2, 0) is 0 Å². The van der Waals surface area contributed by atoms with Crippen molar-refractivity contribution in [3.8, 4) is 0 Å². The maximum atomic E-state index is 12.0. The average molecular weight is 388 g/mol. The van der Waals surface area contributed by atoms with Gasteiger partial charge in [0.05, 0.1) is 5.69 Å². The molecular weight excluding hydrogens is 376 g/mol. The summed E-state index contributed by atoms with van der Waals surface area (Å²) in [6, 6.07) is 5.49. The Hall–Kier alpha value is -1.21. The fourth-order valence-corrected chi connectivity index (χ4v) is 2.55. The van der Waals surface area contributed by atoms with Gasteiger partial charge in [-0.1, -0.05) is 29.8 Å². The van der Waals surface area contributed by atoms with Crippen molar-refractivity contribution in [2.75, 3.05) is 5.32 Å². The van der Waals surface area contributed by atoms with Crippen LogP contribution in [0.4, 0.5) is 5.69 Å². The zero-order valence-electron chi connectivity index (χ0n) is 10.4. The Bertz CT molecular complexity index is 610. The van der Waals surface area contributed by atoms with Crippen molar-refractivity contribution in [3.63, 3.8) is 0 Å². The van der Waals surface area contributed by atoms with Crippen LogP contribution in [-0.4, -0.2) is 21.1 Å². The van der Waals surface area contributed by atoms with Crippen LogP contribution < -0.4 is 5.32 Å². The van der Waals surface area contributed by atoms with E-state index in [0.717, 1.165) is 8.95 Å². The van der Waals surface area contributed by atoms with Crippen molar-refractivity contribution in [2.45, 2.75) is 19.8 Å². The van der Waals surface area contributed by atoms with E-state index in [0.29, 0.717) is 11.5 Å². The number of rotatable bonds is 3. The largest absolute Gasteiger partial charge is 0.318 e. The van der Waals surface area contributed by atoms with Gasteiger partial charge in [-0.3, -0.25) is 9.89 Å². The number of H-pyrrole nitrogens is 1. The number of nitrogens with one attached hydrogen (secondary N) is 2. The van der Waals surface area contributed by atoms with E-state index in [1.807, 2.05) is 26.0 Å². The van der Waals surface area contributed by atoms with Crippen LogP contribution in [0.15, 0.2) is 27.1 Å². The normalized spacial score (nSPS) is 10.8. The van der Waals surface area contributed by atoms with Crippen molar-refractivity contribution in [1.82, 2.24) is 15.2 Å². The molecule has 2 rings (SSSR count). The average Bonchev–Trinajstić information content (AvgIpc) is 2.82. The van der Waals surface area contributed by atoms with Gasteiger partial charge in [0.15, 0.2) is 0 Å². The summed E-state index contributed by atoms with van der Waals surface area (Å²) in [5.41, 5.74) is 0.670. The van der Waals surface area contributed by atoms with Gasteiger partial charge < -0.3 is 5.32 Å². The van der Waals surface area contributed by atoms with Crippen LogP contribution >= 0.6 is 31.9 Å². The van der Waals surface area contributed by atoms with Gasteiger partial charge >= 0.3 is 0 Å². The molecule has 0 spiro atoms. The summed E-state index contributed by atoms with van der Waals surface area (Å²) < 4.78 is 1.72. The van der Waals surface area contributed by atoms with Gasteiger partial charge in [-0.25, -0.2) is 4.98 Å². The molecule has 0 fully saturated rings. The monoisotopic (exact) mass is 386 g/mol. The quantitative estimate of drug-likeness (QED) is 0.843. The lowest BCUT2D eigenvalue weighted by molar-refractivity contribution is 0.101. The van der Waals surface area contributed by atoms with Gasteiger partial charge in [-0.05, 0) is 34.1 Å². The minimum Gasteiger partial charge on any atom is -0.318 e. The van der Waals surface area contributed by atoms with Crippen LogP contribution in [0.1, 0.15) is 36.2 Å². The predicted molar refractivity (Wildman–Crippen MR) is 80.3 cm³/mol. The van der Waals surface area contributed by atoms with Crippen LogP contribution in [0.25, 0.3) is 0 Å². The summed E-state index contributed by atoms with van der Waals surface area (Å²) in [6.45, 7) is 3.96. The highest BCUT2D eigenvalue weighted by Gasteiger charge is 2.15. The molecule has 2 N–H and O–H groups in total. The fraction of sp³-hybridized carbons (Fsp3) is 0.250. The second-order valence-corrected chi connectivity index (χ2v) is 6.05. The number of benzene rings is 1. The van der Waals surface area contributed by atoms with Gasteiger partial charge in [0.25, 0.3) is 5.91 Å². The molecule has 0 unspecified atom stereocenters. The minimum absolute atomic E-state index is 0.138. The molecule has 0 radical (unpaired) electrons. The summed E-state index contributed by atoms with van der Waals surface area (Å²) in [6.07, 6.45) is 0. The number of hydrogen-bond acceptors (Lipinski definition) is 3. The molecular formula is C12H12Br2N4O. The minimum atomic E-state index is -0.342. The number of hydrogen-bond donors (Lipinski definition) is 2. The number of aromatic nitrogens is 3. The molecule has 0 saturated carbocycles. The van der Waals surface area contributed by atoms with Gasteiger partial charge in [-0.15, -0.1) is 5.10 Å². The topological polar surface area (TPSA) is 70.7 Å². The Morgan fingerprint density at radius 3 is 2.68 bits per heavy atom. The fourth-order valence-electron chi connectivity index (χ4n) is 1.40. The van der Waals surface area contributed by atoms with Crippen LogP contribution in [0.5, 0.6) is 0 Å². The number of anilines is 1. The maximum Gasteiger partial charge on any atom is 0.295 e. The molecule has 1 aromatic carbocycles. The molecule has 2 aromatic rings. The zero-order valence-corrected chi connectivity index (χ0v) is 13.5. The Kier molecular flexibility index (Phi) is 4.36. The number of halogens is 2. The van der Waals surface area contributed by atoms with Crippen molar-refractivity contribution in [3.05, 3.63) is 38.8 Å². The molecule has 100 valence electrons. The van der Waals surface area contributed by atoms with Gasteiger partial charge in [-0.2, -0.15) is 0 Å². The number of carbonyl (C=O) groups excluding carboxylic acids is 1. The maximum absolute atomic E-state index is 12.0. The van der Waals surface area contributed by atoms with E-state index in [1.165, 1.54) is 0 Å². The summed E-state index contributed by atoms with van der Waals surface area (Å²) in [4.78, 5) is 16.1. The molecule has 5 nitrogen and oxygen atoms in total. The van der Waals surface area contributed by atoms with Crippen molar-refractivity contribution >= 4 is 43.5 Å². The highest BCUT2D eigenvalue weighted by atomic mass is 79.9. The van der Waals surface area contributed by atoms with Crippen molar-refractivity contribution in [2.24, 2.45) is 0 Å². The first kappa shape index (κ1) is 14.2. The molecule has 0 aliphatic rings. The SMILES string of the molecule is CC(C)c1nc(C(=O)Nc2ccc(Br)cc2Br)n[nH]1. The second-order valence-electron chi connectivity index (χ2n) is 4.28. The summed E-state index contributed by atoms with van der Waals surface area (Å²) >= 11 is 6.74. The number of aromatic amines is 1. The lowest BCUT2D eigenvalue weighted by atomic mass is 10.2.